The lowest BCUT2D eigenvalue weighted by Gasteiger charge is -2.36. The molecule has 1 atom stereocenters. The lowest BCUT2D eigenvalue weighted by molar-refractivity contribution is -0.132. The molecule has 0 radical (unpaired) electrons. The molecule has 1 aromatic heterocycles. The van der Waals surface area contributed by atoms with Crippen LogP contribution in [-0.4, -0.2) is 69.2 Å². The first-order valence-corrected chi connectivity index (χ1v) is 14.1. The van der Waals surface area contributed by atoms with Gasteiger partial charge in [0.1, 0.15) is 11.8 Å². The zero-order chi connectivity index (χ0) is 27.7. The van der Waals surface area contributed by atoms with E-state index in [1.165, 1.54) is 24.3 Å². The Labute approximate surface area is 234 Å². The minimum Gasteiger partial charge on any atom is -0.420 e. The number of hydrogen-bond acceptors (Lipinski definition) is 6. The summed E-state index contributed by atoms with van der Waals surface area (Å²) in [6.45, 7) is 5.59. The number of alkyl halides is 3. The van der Waals surface area contributed by atoms with Gasteiger partial charge in [-0.05, 0) is 61.9 Å². The zero-order valence-electron chi connectivity index (χ0n) is 21.4. The van der Waals surface area contributed by atoms with Gasteiger partial charge in [-0.1, -0.05) is 0 Å². The van der Waals surface area contributed by atoms with Crippen molar-refractivity contribution < 1.29 is 23.1 Å². The molecule has 0 spiro atoms. The van der Waals surface area contributed by atoms with Gasteiger partial charge >= 0.3 is 5.57 Å². The Morgan fingerprint density at radius 2 is 1.90 bits per heavy atom. The van der Waals surface area contributed by atoms with Crippen molar-refractivity contribution in [3.05, 3.63) is 59.8 Å². The third-order valence-electron chi connectivity index (χ3n) is 6.76. The van der Waals surface area contributed by atoms with Crippen molar-refractivity contribution in [1.82, 2.24) is 15.1 Å². The van der Waals surface area contributed by atoms with Gasteiger partial charge in [0.25, 0.3) is 5.91 Å². The van der Waals surface area contributed by atoms with Gasteiger partial charge in [0.05, 0.1) is 11.4 Å². The zero-order valence-corrected chi connectivity index (χ0v) is 23.0. The minimum atomic E-state index is -3.83. The van der Waals surface area contributed by atoms with Crippen LogP contribution in [0.15, 0.2) is 48.7 Å². The maximum absolute atomic E-state index is 13.7. The summed E-state index contributed by atoms with van der Waals surface area (Å²) < 4.78 is 30.1. The smallest absolute Gasteiger partial charge is 0.420 e. The summed E-state index contributed by atoms with van der Waals surface area (Å²) in [6, 6.07) is 10.6. The molecule has 0 aliphatic carbocycles. The molecule has 0 bridgehead atoms. The number of rotatable bonds is 7. The number of ether oxygens (including phenoxy) is 1. The van der Waals surface area contributed by atoms with E-state index in [0.29, 0.717) is 17.7 Å². The van der Waals surface area contributed by atoms with Crippen LogP contribution in [0.2, 0.25) is 0 Å². The minimum absolute atomic E-state index is 0.0433. The fourth-order valence-corrected chi connectivity index (χ4v) is 6.11. The van der Waals surface area contributed by atoms with Crippen molar-refractivity contribution in [3.63, 3.8) is 0 Å². The summed E-state index contributed by atoms with van der Waals surface area (Å²) >= 11 is 6.67. The maximum atomic E-state index is 13.7. The average Bonchev–Trinajstić information content (AvgIpc) is 3.57. The monoisotopic (exact) mass is 575 g/mol. The van der Waals surface area contributed by atoms with E-state index in [1.807, 2.05) is 28.8 Å². The molecule has 39 heavy (non-hydrogen) atoms. The van der Waals surface area contributed by atoms with E-state index in [2.05, 4.69) is 39.0 Å². The van der Waals surface area contributed by atoms with Crippen molar-refractivity contribution in [2.75, 3.05) is 34.8 Å². The van der Waals surface area contributed by atoms with Crippen molar-refractivity contribution in [2.45, 2.75) is 37.9 Å². The molecule has 1 saturated heterocycles. The van der Waals surface area contributed by atoms with Gasteiger partial charge in [-0.2, -0.15) is 16.9 Å². The van der Waals surface area contributed by atoms with Crippen molar-refractivity contribution in [2.24, 2.45) is 0 Å². The summed E-state index contributed by atoms with van der Waals surface area (Å²) in [7, 11) is 0. The molecule has 2 aliphatic heterocycles. The number of carbonyl (C=O) groups excluding carboxylic acids is 2. The van der Waals surface area contributed by atoms with Crippen LogP contribution in [0.1, 0.15) is 29.8 Å². The van der Waals surface area contributed by atoms with E-state index >= 15 is 0 Å². The molecule has 3 heterocycles. The summed E-state index contributed by atoms with van der Waals surface area (Å²) in [5.41, 5.74) is 0.302. The average molecular weight is 576 g/mol. The second kappa shape index (κ2) is 11.1. The van der Waals surface area contributed by atoms with Gasteiger partial charge in [0.2, 0.25) is 5.91 Å². The Morgan fingerprint density at radius 3 is 2.51 bits per heavy atom. The number of fused-ring (bicyclic) bond motifs is 1. The number of hydrogen-bond donors (Lipinski definition) is 2. The topological polar surface area (TPSA) is 90.6 Å². The molecular formula is C27H28ClF2N5O3S. The Morgan fingerprint density at radius 1 is 1.18 bits per heavy atom. The van der Waals surface area contributed by atoms with Gasteiger partial charge in [0.15, 0.2) is 0 Å². The highest BCUT2D eigenvalue weighted by molar-refractivity contribution is 7.99. The molecule has 206 valence electrons. The van der Waals surface area contributed by atoms with E-state index in [0.717, 1.165) is 47.1 Å². The number of anilines is 2. The van der Waals surface area contributed by atoms with E-state index in [-0.39, 0.29) is 29.6 Å². The highest BCUT2D eigenvalue weighted by atomic mass is 35.5. The van der Waals surface area contributed by atoms with E-state index in [4.69, 9.17) is 11.6 Å². The number of benzene rings is 2. The fourth-order valence-electron chi connectivity index (χ4n) is 5.12. The van der Waals surface area contributed by atoms with Crippen LogP contribution in [0.5, 0.6) is 5.75 Å². The second-order valence-corrected chi connectivity index (χ2v) is 11.4. The highest BCUT2D eigenvalue weighted by Crippen LogP contribution is 2.43. The molecule has 2 amide bonds. The number of halogens is 3. The van der Waals surface area contributed by atoms with Gasteiger partial charge in [0, 0.05) is 71.7 Å². The number of aromatic amines is 1. The summed E-state index contributed by atoms with van der Waals surface area (Å²) in [4.78, 5) is 31.1. The van der Waals surface area contributed by atoms with E-state index in [1.54, 1.807) is 12.3 Å². The van der Waals surface area contributed by atoms with Gasteiger partial charge in [-0.25, -0.2) is 0 Å². The predicted octanol–water partition coefficient (Wildman–Crippen LogP) is 5.21. The molecule has 12 heteroatoms. The molecule has 2 aromatic carbocycles. The van der Waals surface area contributed by atoms with Gasteiger partial charge < -0.3 is 19.9 Å². The van der Waals surface area contributed by atoms with Gasteiger partial charge in [-0.3, -0.25) is 14.7 Å². The molecule has 3 aromatic rings. The van der Waals surface area contributed by atoms with Crippen LogP contribution < -0.4 is 15.0 Å². The number of thioether (sulfide) groups is 1. The number of nitrogens with zero attached hydrogens (tertiary/aromatic N) is 3. The van der Waals surface area contributed by atoms with Crippen LogP contribution in [0.4, 0.5) is 20.2 Å². The van der Waals surface area contributed by atoms with Crippen LogP contribution in [-0.2, 0) is 11.2 Å². The molecule has 2 aliphatic rings. The second-order valence-electron chi connectivity index (χ2n) is 9.69. The quantitative estimate of drug-likeness (QED) is 0.376. The highest BCUT2D eigenvalue weighted by Gasteiger charge is 2.40. The molecule has 0 saturated carbocycles. The Hall–Kier alpha value is -3.31. The first kappa shape index (κ1) is 27.3. The standard InChI is InChI=1S/C27H28ClF2N5O3S/c1-16(2)35-23(26(37)34-9-11-39-12-10-34)15-17-13-18(14-21(24(17)35)22-7-8-31-33-22)25(36)32-19-3-5-20(6-4-19)38-27(28,29)30/h3-8,13-14,16,23H,9-12,15H2,1-2H3,(H,31,33)(H,32,36). The fraction of sp³-hybridized carbons (Fsp3) is 0.370. The predicted molar refractivity (Wildman–Crippen MR) is 149 cm³/mol. The number of carbonyl (C=O) groups is 2. The number of aromatic nitrogens is 2. The Bertz CT molecular complexity index is 1340. The van der Waals surface area contributed by atoms with Crippen LogP contribution in [0.3, 0.4) is 0 Å². The summed E-state index contributed by atoms with van der Waals surface area (Å²) in [6.07, 6.45) is 2.13. The number of nitrogens with one attached hydrogen (secondary N) is 2. The summed E-state index contributed by atoms with van der Waals surface area (Å²) in [5.74, 6) is 1.44. The molecule has 2 N–H and O–H groups in total. The van der Waals surface area contributed by atoms with E-state index < -0.39 is 5.57 Å². The first-order valence-electron chi connectivity index (χ1n) is 12.6. The Balaban J connectivity index is 1.46. The number of H-pyrrole nitrogens is 1. The third-order valence-corrected chi connectivity index (χ3v) is 7.78. The maximum Gasteiger partial charge on any atom is 0.487 e. The SMILES string of the molecule is CC(C)N1c2c(cc(C(=O)Nc3ccc(OC(F)(F)Cl)cc3)cc2-c2ccn[nH]2)CC1C(=O)N1CCSCC1. The number of amides is 2. The molecular weight excluding hydrogens is 548 g/mol. The van der Waals surface area contributed by atoms with E-state index in [9.17, 15) is 18.4 Å². The van der Waals surface area contributed by atoms with Crippen LogP contribution in [0.25, 0.3) is 11.3 Å². The normalized spacial score (nSPS) is 17.3. The van der Waals surface area contributed by atoms with Gasteiger partial charge in [-0.15, -0.1) is 8.78 Å². The van der Waals surface area contributed by atoms with Crippen molar-refractivity contribution in [3.8, 4) is 17.0 Å². The molecule has 1 fully saturated rings. The third kappa shape index (κ3) is 5.99. The van der Waals surface area contributed by atoms with Crippen molar-refractivity contribution >= 4 is 46.6 Å². The summed E-state index contributed by atoms with van der Waals surface area (Å²) in [5, 5.41) is 9.90. The van der Waals surface area contributed by atoms with Crippen LogP contribution in [0, 0.1) is 0 Å². The molecule has 1 unspecified atom stereocenters. The molecule has 8 nitrogen and oxygen atoms in total. The lowest BCUT2D eigenvalue weighted by atomic mass is 9.99. The first-order chi connectivity index (χ1) is 18.6. The van der Waals surface area contributed by atoms with Crippen LogP contribution >= 0.6 is 23.4 Å². The largest absolute Gasteiger partial charge is 0.487 e. The van der Waals surface area contributed by atoms with Crippen molar-refractivity contribution in [1.29, 1.82) is 0 Å². The lowest BCUT2D eigenvalue weighted by Crippen LogP contribution is -2.51. The Kier molecular flexibility index (Phi) is 7.73. The molecule has 5 rings (SSSR count).